The molecular weight excluding hydrogens is 256 g/mol. The average molecular weight is 276 g/mol. The van der Waals surface area contributed by atoms with E-state index in [0.717, 1.165) is 16.7 Å². The van der Waals surface area contributed by atoms with Gasteiger partial charge in [-0.1, -0.05) is 0 Å². The van der Waals surface area contributed by atoms with E-state index in [4.69, 9.17) is 10.00 Å². The standard InChI is InChI=1S/C15H20N2OS/c1-18-13-6-3-11(10-16)15(9-13)17-12-4-7-14(19-2)8-5-12/h3,6,9,12,14,17H,4-5,7-8H2,1-2H3. The zero-order valence-corrected chi connectivity index (χ0v) is 12.3. The van der Waals surface area contributed by atoms with Gasteiger partial charge in [0.2, 0.25) is 0 Å². The van der Waals surface area contributed by atoms with E-state index in [1.165, 1.54) is 25.7 Å². The fraction of sp³-hybridized carbons (Fsp3) is 0.533. The Bertz CT molecular complexity index is 462. The molecule has 0 heterocycles. The second-order valence-electron chi connectivity index (χ2n) is 4.88. The summed E-state index contributed by atoms with van der Waals surface area (Å²) in [5.41, 5.74) is 1.59. The number of rotatable bonds is 4. The van der Waals surface area contributed by atoms with Gasteiger partial charge in [0.05, 0.1) is 18.4 Å². The molecule has 102 valence electrons. The Morgan fingerprint density at radius 1 is 1.32 bits per heavy atom. The highest BCUT2D eigenvalue weighted by Crippen LogP contribution is 2.30. The van der Waals surface area contributed by atoms with Crippen molar-refractivity contribution in [2.24, 2.45) is 0 Å². The molecule has 2 rings (SSSR count). The average Bonchev–Trinajstić information content (AvgIpc) is 2.48. The molecule has 1 saturated carbocycles. The van der Waals surface area contributed by atoms with Gasteiger partial charge in [-0.3, -0.25) is 0 Å². The third-order valence-electron chi connectivity index (χ3n) is 3.71. The summed E-state index contributed by atoms with van der Waals surface area (Å²) in [6.07, 6.45) is 7.05. The zero-order chi connectivity index (χ0) is 13.7. The van der Waals surface area contributed by atoms with Crippen LogP contribution < -0.4 is 10.1 Å². The normalized spacial score (nSPS) is 22.6. The number of methoxy groups -OCH3 is 1. The number of nitrogens with zero attached hydrogens (tertiary/aromatic N) is 1. The minimum atomic E-state index is 0.475. The van der Waals surface area contributed by atoms with E-state index in [9.17, 15) is 0 Å². The van der Waals surface area contributed by atoms with Crippen LogP contribution in [0.5, 0.6) is 5.75 Å². The SMILES string of the molecule is COc1ccc(C#N)c(NC2CCC(SC)CC2)c1. The van der Waals surface area contributed by atoms with Crippen molar-refractivity contribution >= 4 is 17.4 Å². The van der Waals surface area contributed by atoms with Crippen LogP contribution in [0.15, 0.2) is 18.2 Å². The van der Waals surface area contributed by atoms with Crippen molar-refractivity contribution in [1.29, 1.82) is 5.26 Å². The lowest BCUT2D eigenvalue weighted by atomic mass is 9.94. The van der Waals surface area contributed by atoms with Crippen LogP contribution in [0.25, 0.3) is 0 Å². The van der Waals surface area contributed by atoms with Crippen molar-refractivity contribution in [3.8, 4) is 11.8 Å². The lowest BCUT2D eigenvalue weighted by Crippen LogP contribution is -2.27. The van der Waals surface area contributed by atoms with Crippen LogP contribution in [0.1, 0.15) is 31.2 Å². The molecule has 0 aliphatic heterocycles. The van der Waals surface area contributed by atoms with Gasteiger partial charge in [-0.2, -0.15) is 17.0 Å². The van der Waals surface area contributed by atoms with E-state index in [1.54, 1.807) is 7.11 Å². The fourth-order valence-electron chi connectivity index (χ4n) is 2.53. The number of ether oxygens (including phenoxy) is 1. The van der Waals surface area contributed by atoms with Crippen molar-refractivity contribution in [2.75, 3.05) is 18.7 Å². The Morgan fingerprint density at radius 2 is 2.05 bits per heavy atom. The van der Waals surface area contributed by atoms with Gasteiger partial charge in [-0.05, 0) is 44.1 Å². The Balaban J connectivity index is 2.04. The minimum absolute atomic E-state index is 0.475. The first-order chi connectivity index (χ1) is 9.26. The maximum atomic E-state index is 9.16. The third-order valence-corrected chi connectivity index (χ3v) is 4.85. The molecule has 0 atom stereocenters. The molecule has 0 unspecified atom stereocenters. The second kappa shape index (κ2) is 6.72. The van der Waals surface area contributed by atoms with Gasteiger partial charge in [0.15, 0.2) is 0 Å². The molecule has 1 aliphatic rings. The number of nitriles is 1. The van der Waals surface area contributed by atoms with Crippen LogP contribution in [-0.4, -0.2) is 24.7 Å². The van der Waals surface area contributed by atoms with Gasteiger partial charge in [0.1, 0.15) is 11.8 Å². The Labute approximate surface area is 119 Å². The van der Waals surface area contributed by atoms with Crippen LogP contribution in [0, 0.1) is 11.3 Å². The molecule has 3 nitrogen and oxygen atoms in total. The highest BCUT2D eigenvalue weighted by atomic mass is 32.2. The van der Waals surface area contributed by atoms with Crippen LogP contribution in [0.4, 0.5) is 5.69 Å². The van der Waals surface area contributed by atoms with Crippen molar-refractivity contribution in [3.05, 3.63) is 23.8 Å². The number of thioether (sulfide) groups is 1. The number of anilines is 1. The highest BCUT2D eigenvalue weighted by Gasteiger charge is 2.21. The van der Waals surface area contributed by atoms with Crippen LogP contribution in [0.2, 0.25) is 0 Å². The molecule has 0 amide bonds. The molecule has 0 bridgehead atoms. The van der Waals surface area contributed by atoms with Crippen LogP contribution >= 0.6 is 11.8 Å². The van der Waals surface area contributed by atoms with E-state index in [-0.39, 0.29) is 0 Å². The first-order valence-corrected chi connectivity index (χ1v) is 7.93. The Morgan fingerprint density at radius 3 is 2.63 bits per heavy atom. The first kappa shape index (κ1) is 14.1. The molecule has 1 fully saturated rings. The summed E-state index contributed by atoms with van der Waals surface area (Å²) >= 11 is 1.97. The van der Waals surface area contributed by atoms with Crippen molar-refractivity contribution in [2.45, 2.75) is 37.0 Å². The molecule has 1 N–H and O–H groups in total. The van der Waals surface area contributed by atoms with Crippen molar-refractivity contribution in [3.63, 3.8) is 0 Å². The first-order valence-electron chi connectivity index (χ1n) is 6.64. The van der Waals surface area contributed by atoms with E-state index >= 15 is 0 Å². The Kier molecular flexibility index (Phi) is 4.98. The minimum Gasteiger partial charge on any atom is -0.497 e. The second-order valence-corrected chi connectivity index (χ2v) is 6.02. The lowest BCUT2D eigenvalue weighted by Gasteiger charge is -2.29. The Hall–Kier alpha value is -1.34. The van der Waals surface area contributed by atoms with Crippen LogP contribution in [-0.2, 0) is 0 Å². The summed E-state index contributed by atoms with van der Waals surface area (Å²) in [5.74, 6) is 0.791. The van der Waals surface area contributed by atoms with E-state index < -0.39 is 0 Å². The molecule has 0 saturated heterocycles. The molecule has 1 aromatic rings. The quantitative estimate of drug-likeness (QED) is 0.911. The smallest absolute Gasteiger partial charge is 0.121 e. The third kappa shape index (κ3) is 3.57. The molecule has 1 aliphatic carbocycles. The largest absolute Gasteiger partial charge is 0.497 e. The summed E-state index contributed by atoms with van der Waals surface area (Å²) in [6.45, 7) is 0. The summed E-state index contributed by atoms with van der Waals surface area (Å²) in [7, 11) is 1.65. The molecule has 4 heteroatoms. The summed E-state index contributed by atoms with van der Waals surface area (Å²) in [4.78, 5) is 0. The van der Waals surface area contributed by atoms with Crippen molar-refractivity contribution in [1.82, 2.24) is 0 Å². The maximum absolute atomic E-state index is 9.16. The maximum Gasteiger partial charge on any atom is 0.121 e. The van der Waals surface area contributed by atoms with Gasteiger partial charge in [-0.15, -0.1) is 0 Å². The highest BCUT2D eigenvalue weighted by molar-refractivity contribution is 7.99. The van der Waals surface area contributed by atoms with E-state index in [1.807, 2.05) is 30.0 Å². The number of hydrogen-bond donors (Lipinski definition) is 1. The molecule has 0 radical (unpaired) electrons. The zero-order valence-electron chi connectivity index (χ0n) is 11.5. The summed E-state index contributed by atoms with van der Waals surface area (Å²) in [5, 5.41) is 13.5. The van der Waals surface area contributed by atoms with Gasteiger partial charge < -0.3 is 10.1 Å². The monoisotopic (exact) mass is 276 g/mol. The lowest BCUT2D eigenvalue weighted by molar-refractivity contribution is 0.414. The van der Waals surface area contributed by atoms with Crippen LogP contribution in [0.3, 0.4) is 0 Å². The van der Waals surface area contributed by atoms with Gasteiger partial charge in [0, 0.05) is 17.4 Å². The van der Waals surface area contributed by atoms with Gasteiger partial charge in [-0.25, -0.2) is 0 Å². The predicted octanol–water partition coefficient (Wildman–Crippen LogP) is 3.65. The topological polar surface area (TPSA) is 45.0 Å². The molecular formula is C15H20N2OS. The molecule has 0 aromatic heterocycles. The molecule has 1 aromatic carbocycles. The van der Waals surface area contributed by atoms with E-state index in [2.05, 4.69) is 17.6 Å². The van der Waals surface area contributed by atoms with Gasteiger partial charge >= 0.3 is 0 Å². The number of nitrogens with one attached hydrogen (secondary N) is 1. The molecule has 0 spiro atoms. The summed E-state index contributed by atoms with van der Waals surface area (Å²) < 4.78 is 5.23. The van der Waals surface area contributed by atoms with Crippen molar-refractivity contribution < 1.29 is 4.74 Å². The van der Waals surface area contributed by atoms with E-state index in [0.29, 0.717) is 11.6 Å². The molecule has 19 heavy (non-hydrogen) atoms. The number of hydrogen-bond acceptors (Lipinski definition) is 4. The predicted molar refractivity (Wildman–Crippen MR) is 80.9 cm³/mol. The summed E-state index contributed by atoms with van der Waals surface area (Å²) in [6, 6.07) is 8.27. The number of benzene rings is 1. The van der Waals surface area contributed by atoms with Gasteiger partial charge in [0.25, 0.3) is 0 Å². The fourth-order valence-corrected chi connectivity index (χ4v) is 3.27.